The number of likely N-dealkylation sites (tertiary alicyclic amines) is 2. The highest BCUT2D eigenvalue weighted by atomic mass is 16.4. The fourth-order valence-electron chi connectivity index (χ4n) is 3.87. The first kappa shape index (κ1) is 16.2. The monoisotopic (exact) mass is 325 g/mol. The van der Waals surface area contributed by atoms with Crippen LogP contribution in [-0.2, 0) is 14.4 Å². The van der Waals surface area contributed by atoms with E-state index in [0.29, 0.717) is 13.0 Å². The number of nitrogens with zero attached hydrogens (tertiary/aromatic N) is 2. The molecule has 3 N–H and O–H groups in total. The number of hydrogen-bond donors (Lipinski definition) is 3. The molecule has 0 bridgehead atoms. The fourth-order valence-corrected chi connectivity index (χ4v) is 3.87. The van der Waals surface area contributed by atoms with Gasteiger partial charge >= 0.3 is 5.97 Å². The van der Waals surface area contributed by atoms with E-state index in [9.17, 15) is 24.6 Å². The van der Waals surface area contributed by atoms with Crippen molar-refractivity contribution in [3.05, 3.63) is 0 Å². The van der Waals surface area contributed by atoms with Crippen LogP contribution in [0, 0.1) is 0 Å². The van der Waals surface area contributed by atoms with Crippen molar-refractivity contribution < 1.29 is 24.6 Å². The van der Waals surface area contributed by atoms with E-state index in [1.165, 1.54) is 4.90 Å². The van der Waals surface area contributed by atoms with Crippen molar-refractivity contribution >= 4 is 17.8 Å². The normalized spacial score (nSPS) is 34.1. The van der Waals surface area contributed by atoms with Crippen molar-refractivity contribution in [2.75, 3.05) is 19.6 Å². The van der Waals surface area contributed by atoms with E-state index < -0.39 is 24.2 Å². The van der Waals surface area contributed by atoms with E-state index in [0.717, 1.165) is 25.8 Å². The molecule has 2 amide bonds. The van der Waals surface area contributed by atoms with Crippen LogP contribution in [-0.4, -0.2) is 81.7 Å². The quantitative estimate of drug-likeness (QED) is 0.600. The summed E-state index contributed by atoms with van der Waals surface area (Å²) in [6.07, 6.45) is 2.24. The van der Waals surface area contributed by atoms with Gasteiger partial charge in [-0.25, -0.2) is 4.79 Å². The average molecular weight is 325 g/mol. The first-order valence-electron chi connectivity index (χ1n) is 8.24. The number of aliphatic carboxylic acids is 1. The Kier molecular flexibility index (Phi) is 4.54. The van der Waals surface area contributed by atoms with Gasteiger partial charge in [0.25, 0.3) is 0 Å². The molecule has 23 heavy (non-hydrogen) atoms. The second-order valence-corrected chi connectivity index (χ2v) is 6.57. The number of β-amino-alcohol motifs (C(OH)–C–C–N with tert-alkyl or cyclic N) is 1. The molecule has 0 saturated carbocycles. The number of aliphatic hydroxyl groups is 1. The minimum atomic E-state index is -1.11. The summed E-state index contributed by atoms with van der Waals surface area (Å²) in [4.78, 5) is 39.5. The number of carboxylic acids is 1. The minimum absolute atomic E-state index is 0.0238. The zero-order valence-corrected chi connectivity index (χ0v) is 13.0. The molecule has 8 nitrogen and oxygen atoms in total. The van der Waals surface area contributed by atoms with Crippen LogP contribution in [0.2, 0.25) is 0 Å². The maximum atomic E-state index is 12.8. The molecule has 0 radical (unpaired) electrons. The lowest BCUT2D eigenvalue weighted by Gasteiger charge is -2.31. The number of hydrogen-bond acceptors (Lipinski definition) is 5. The predicted octanol–water partition coefficient (Wildman–Crippen LogP) is -1.22. The van der Waals surface area contributed by atoms with Crippen molar-refractivity contribution in [1.29, 1.82) is 0 Å². The Balaban J connectivity index is 1.72. The zero-order valence-electron chi connectivity index (χ0n) is 13.0. The molecular weight excluding hydrogens is 302 g/mol. The number of carbonyl (C=O) groups is 3. The van der Waals surface area contributed by atoms with E-state index in [-0.39, 0.29) is 30.8 Å². The van der Waals surface area contributed by atoms with Gasteiger partial charge in [0, 0.05) is 19.5 Å². The molecule has 8 heteroatoms. The van der Waals surface area contributed by atoms with Gasteiger partial charge in [0.1, 0.15) is 12.1 Å². The lowest BCUT2D eigenvalue weighted by Crippen LogP contribution is -2.53. The van der Waals surface area contributed by atoms with Crippen molar-refractivity contribution in [3.63, 3.8) is 0 Å². The molecule has 3 aliphatic rings. The molecule has 4 atom stereocenters. The van der Waals surface area contributed by atoms with Gasteiger partial charge in [0.2, 0.25) is 11.8 Å². The van der Waals surface area contributed by atoms with Crippen LogP contribution in [0.5, 0.6) is 0 Å². The van der Waals surface area contributed by atoms with Crippen molar-refractivity contribution in [3.8, 4) is 0 Å². The summed E-state index contributed by atoms with van der Waals surface area (Å²) in [6.45, 7) is 1.36. The van der Waals surface area contributed by atoms with E-state index in [4.69, 9.17) is 0 Å². The van der Waals surface area contributed by atoms with Crippen LogP contribution in [0.3, 0.4) is 0 Å². The van der Waals surface area contributed by atoms with Gasteiger partial charge in [0.15, 0.2) is 0 Å². The summed E-state index contributed by atoms with van der Waals surface area (Å²) >= 11 is 0. The summed E-state index contributed by atoms with van der Waals surface area (Å²) in [6, 6.07) is -1.83. The molecule has 0 aliphatic carbocycles. The topological polar surface area (TPSA) is 110 Å². The van der Waals surface area contributed by atoms with Crippen LogP contribution in [0.1, 0.15) is 32.1 Å². The Bertz CT molecular complexity index is 505. The van der Waals surface area contributed by atoms with Gasteiger partial charge < -0.3 is 25.3 Å². The molecule has 3 rings (SSSR count). The largest absolute Gasteiger partial charge is 0.480 e. The van der Waals surface area contributed by atoms with Crippen LogP contribution in [0.25, 0.3) is 0 Å². The molecule has 3 fully saturated rings. The molecule has 3 saturated heterocycles. The lowest BCUT2D eigenvalue weighted by molar-refractivity contribution is -0.152. The predicted molar refractivity (Wildman–Crippen MR) is 79.5 cm³/mol. The van der Waals surface area contributed by atoms with E-state index >= 15 is 0 Å². The Labute approximate surface area is 134 Å². The first-order valence-corrected chi connectivity index (χ1v) is 8.24. The van der Waals surface area contributed by atoms with Crippen LogP contribution < -0.4 is 5.32 Å². The zero-order chi connectivity index (χ0) is 16.6. The fraction of sp³-hybridized carbons (Fsp3) is 0.800. The number of aliphatic hydroxyl groups excluding tert-OH is 1. The maximum Gasteiger partial charge on any atom is 0.326 e. The molecule has 3 heterocycles. The van der Waals surface area contributed by atoms with Gasteiger partial charge in [-0.1, -0.05) is 0 Å². The van der Waals surface area contributed by atoms with E-state index in [1.54, 1.807) is 4.90 Å². The van der Waals surface area contributed by atoms with Crippen LogP contribution in [0.15, 0.2) is 0 Å². The second kappa shape index (κ2) is 6.45. The number of nitrogens with one attached hydrogen (secondary N) is 1. The Morgan fingerprint density at radius 2 is 1.78 bits per heavy atom. The summed E-state index contributed by atoms with van der Waals surface area (Å²) in [5.74, 6) is -1.52. The van der Waals surface area contributed by atoms with Gasteiger partial charge in [-0.15, -0.1) is 0 Å². The number of carbonyl (C=O) groups excluding carboxylic acids is 2. The van der Waals surface area contributed by atoms with E-state index in [2.05, 4.69) is 5.32 Å². The average Bonchev–Trinajstić information content (AvgIpc) is 3.25. The van der Waals surface area contributed by atoms with E-state index in [1.807, 2.05) is 0 Å². The van der Waals surface area contributed by atoms with Gasteiger partial charge in [-0.2, -0.15) is 0 Å². The molecule has 0 aromatic heterocycles. The molecule has 3 aliphatic heterocycles. The third kappa shape index (κ3) is 3.05. The summed E-state index contributed by atoms with van der Waals surface area (Å²) < 4.78 is 0. The Morgan fingerprint density at radius 3 is 2.43 bits per heavy atom. The van der Waals surface area contributed by atoms with Gasteiger partial charge in [0.05, 0.1) is 12.1 Å². The third-order valence-electron chi connectivity index (χ3n) is 5.03. The molecular formula is C15H23N3O5. The minimum Gasteiger partial charge on any atom is -0.480 e. The maximum absolute atomic E-state index is 12.8. The highest BCUT2D eigenvalue weighted by Crippen LogP contribution is 2.26. The smallest absolute Gasteiger partial charge is 0.326 e. The Hall–Kier alpha value is -1.67. The third-order valence-corrected chi connectivity index (χ3v) is 5.03. The van der Waals surface area contributed by atoms with Crippen molar-refractivity contribution in [2.45, 2.75) is 56.3 Å². The molecule has 0 aromatic rings. The lowest BCUT2D eigenvalue weighted by atomic mass is 10.1. The highest BCUT2D eigenvalue weighted by molar-refractivity contribution is 5.92. The molecule has 0 unspecified atom stereocenters. The molecule has 0 spiro atoms. The number of amides is 2. The summed E-state index contributed by atoms with van der Waals surface area (Å²) in [5.41, 5.74) is 0. The first-order chi connectivity index (χ1) is 11.0. The SMILES string of the molecule is O=C(O)[C@@H]1C[C@@H](O)CN1C(=O)[C@@H]1CCCN1C(=O)[C@@H]1CCCN1. The van der Waals surface area contributed by atoms with Gasteiger partial charge in [-0.05, 0) is 32.2 Å². The number of rotatable bonds is 3. The summed E-state index contributed by atoms with van der Waals surface area (Å²) in [5, 5.41) is 22.1. The molecule has 0 aromatic carbocycles. The van der Waals surface area contributed by atoms with Crippen molar-refractivity contribution in [2.24, 2.45) is 0 Å². The second-order valence-electron chi connectivity index (χ2n) is 6.57. The Morgan fingerprint density at radius 1 is 1.00 bits per heavy atom. The van der Waals surface area contributed by atoms with Crippen LogP contribution >= 0.6 is 0 Å². The standard InChI is InChI=1S/C15H23N3O5/c19-9-7-12(15(22)23)18(8-9)14(21)11-4-2-6-17(11)13(20)10-3-1-5-16-10/h9-12,16,19H,1-8H2,(H,22,23)/t9-,10+,11+,12+/m1/s1. The van der Waals surface area contributed by atoms with Gasteiger partial charge in [-0.3, -0.25) is 9.59 Å². The molecule has 128 valence electrons. The van der Waals surface area contributed by atoms with Crippen LogP contribution in [0.4, 0.5) is 0 Å². The highest BCUT2D eigenvalue weighted by Gasteiger charge is 2.45. The van der Waals surface area contributed by atoms with Crippen molar-refractivity contribution in [1.82, 2.24) is 15.1 Å². The number of carboxylic acid groups (broad SMARTS) is 1. The summed E-state index contributed by atoms with van der Waals surface area (Å²) in [7, 11) is 0.